The minimum absolute atomic E-state index is 0.0266. The Balaban J connectivity index is 0.000000140. The fraction of sp³-hybridized carbons (Fsp3) is 0. The molecule has 0 aliphatic heterocycles. The SMILES string of the molecule is Nc1c(O)cccc1[N+](=O)[O-].Nc1cccc2ocnc12.O=[N+]([O-])c1cccc2ocnc12. The summed E-state index contributed by atoms with van der Waals surface area (Å²) in [5, 5.41) is 29.5. The van der Waals surface area contributed by atoms with Crippen molar-refractivity contribution in [3.05, 3.63) is 87.6 Å². The fourth-order valence-corrected chi connectivity index (χ4v) is 2.63. The van der Waals surface area contributed by atoms with Crippen molar-refractivity contribution in [1.29, 1.82) is 0 Å². The van der Waals surface area contributed by atoms with Gasteiger partial charge in [0.25, 0.3) is 11.4 Å². The van der Waals surface area contributed by atoms with Gasteiger partial charge in [-0.3, -0.25) is 20.2 Å². The maximum atomic E-state index is 10.4. The van der Waals surface area contributed by atoms with Crippen molar-refractivity contribution in [2.75, 3.05) is 11.5 Å². The van der Waals surface area contributed by atoms with Crippen molar-refractivity contribution < 1.29 is 23.8 Å². The molecule has 0 amide bonds. The molecule has 33 heavy (non-hydrogen) atoms. The van der Waals surface area contributed by atoms with Crippen LogP contribution in [0, 0.1) is 20.2 Å². The molecular formula is C20H16N6O7. The second-order valence-corrected chi connectivity index (χ2v) is 6.25. The molecule has 5 rings (SSSR count). The molecule has 0 radical (unpaired) electrons. The molecule has 0 atom stereocenters. The predicted molar refractivity (Wildman–Crippen MR) is 118 cm³/mol. The van der Waals surface area contributed by atoms with Crippen LogP contribution in [0.3, 0.4) is 0 Å². The van der Waals surface area contributed by atoms with Gasteiger partial charge in [0.1, 0.15) is 11.3 Å². The normalized spacial score (nSPS) is 10.1. The van der Waals surface area contributed by atoms with Crippen molar-refractivity contribution >= 4 is 44.9 Å². The summed E-state index contributed by atoms with van der Waals surface area (Å²) in [6, 6.07) is 13.9. The molecule has 13 heteroatoms. The van der Waals surface area contributed by atoms with E-state index >= 15 is 0 Å². The average molecular weight is 452 g/mol. The molecule has 3 aromatic carbocycles. The van der Waals surface area contributed by atoms with Gasteiger partial charge in [0.05, 0.1) is 15.5 Å². The quantitative estimate of drug-likeness (QED) is 0.150. The van der Waals surface area contributed by atoms with Crippen molar-refractivity contribution in [2.24, 2.45) is 0 Å². The number of oxazole rings is 2. The molecule has 0 aliphatic carbocycles. The molecule has 0 unspecified atom stereocenters. The van der Waals surface area contributed by atoms with Crippen LogP contribution in [0.4, 0.5) is 22.7 Å². The molecule has 2 aromatic heterocycles. The Morgan fingerprint density at radius 2 is 1.27 bits per heavy atom. The number of anilines is 2. The largest absolute Gasteiger partial charge is 0.506 e. The summed E-state index contributed by atoms with van der Waals surface area (Å²) in [5.41, 5.74) is 13.1. The highest BCUT2D eigenvalue weighted by Gasteiger charge is 2.14. The van der Waals surface area contributed by atoms with E-state index in [2.05, 4.69) is 9.97 Å². The monoisotopic (exact) mass is 452 g/mol. The Hall–Kier alpha value is -5.20. The van der Waals surface area contributed by atoms with Gasteiger partial charge in [-0.2, -0.15) is 0 Å². The lowest BCUT2D eigenvalue weighted by Crippen LogP contribution is -1.94. The Morgan fingerprint density at radius 3 is 1.85 bits per heavy atom. The number of para-hydroxylation sites is 3. The first-order valence-electron chi connectivity index (χ1n) is 9.05. The van der Waals surface area contributed by atoms with Crippen LogP contribution >= 0.6 is 0 Å². The molecule has 168 valence electrons. The maximum Gasteiger partial charge on any atom is 0.298 e. The average Bonchev–Trinajstić information content (AvgIpc) is 3.46. The molecule has 0 saturated carbocycles. The van der Waals surface area contributed by atoms with Gasteiger partial charge in [0.15, 0.2) is 35.2 Å². The second-order valence-electron chi connectivity index (χ2n) is 6.25. The first-order chi connectivity index (χ1) is 15.8. The van der Waals surface area contributed by atoms with Gasteiger partial charge in [-0.25, -0.2) is 9.97 Å². The Labute approximate surface area is 184 Å². The number of nitrogen functional groups attached to an aromatic ring is 2. The molecule has 0 fully saturated rings. The van der Waals surface area contributed by atoms with Gasteiger partial charge in [-0.05, 0) is 24.3 Å². The van der Waals surface area contributed by atoms with Crippen LogP contribution in [-0.4, -0.2) is 24.9 Å². The van der Waals surface area contributed by atoms with E-state index in [9.17, 15) is 20.2 Å². The topological polar surface area (TPSA) is 211 Å². The summed E-state index contributed by atoms with van der Waals surface area (Å²) < 4.78 is 9.90. The first-order valence-corrected chi connectivity index (χ1v) is 9.05. The highest BCUT2D eigenvalue weighted by atomic mass is 16.6. The van der Waals surface area contributed by atoms with E-state index in [0.29, 0.717) is 16.8 Å². The van der Waals surface area contributed by atoms with E-state index in [1.165, 1.54) is 37.1 Å². The lowest BCUT2D eigenvalue weighted by atomic mass is 10.2. The van der Waals surface area contributed by atoms with Crippen LogP contribution < -0.4 is 11.5 Å². The molecule has 0 saturated heterocycles. The number of nitrogens with two attached hydrogens (primary N) is 2. The van der Waals surface area contributed by atoms with Gasteiger partial charge >= 0.3 is 0 Å². The van der Waals surface area contributed by atoms with Crippen molar-refractivity contribution in [3.8, 4) is 5.75 Å². The number of nitrogens with zero attached hydrogens (tertiary/aromatic N) is 4. The summed E-state index contributed by atoms with van der Waals surface area (Å²) in [5.74, 6) is -0.265. The number of aromatic nitrogens is 2. The number of nitro benzene ring substituents is 2. The molecular weight excluding hydrogens is 436 g/mol. The molecule has 5 N–H and O–H groups in total. The lowest BCUT2D eigenvalue weighted by Gasteiger charge is -1.97. The summed E-state index contributed by atoms with van der Waals surface area (Å²) in [4.78, 5) is 27.2. The van der Waals surface area contributed by atoms with E-state index in [1.807, 2.05) is 12.1 Å². The molecule has 0 bridgehead atoms. The van der Waals surface area contributed by atoms with Crippen LogP contribution in [0.15, 0.2) is 76.2 Å². The Kier molecular flexibility index (Phi) is 6.64. The number of benzene rings is 3. The summed E-state index contributed by atoms with van der Waals surface area (Å²) >= 11 is 0. The standard InChI is InChI=1S/C7H4N2O3.C7H6N2O.C6H6N2O3/c10-9(11)5-2-1-3-6-7(5)8-4-12-6;8-5-2-1-3-6-7(5)9-4-10-6;7-6-4(8(10)11)2-1-3-5(6)9/h1-4H;1-4H,8H2;1-3,9H,7H2. The van der Waals surface area contributed by atoms with Crippen LogP contribution in [0.2, 0.25) is 0 Å². The Morgan fingerprint density at radius 1 is 0.758 bits per heavy atom. The number of phenols is 1. The number of non-ortho nitro benzene ring substituents is 1. The summed E-state index contributed by atoms with van der Waals surface area (Å²) in [7, 11) is 0. The van der Waals surface area contributed by atoms with Gasteiger partial charge in [-0.15, -0.1) is 0 Å². The highest BCUT2D eigenvalue weighted by Crippen LogP contribution is 2.29. The lowest BCUT2D eigenvalue weighted by molar-refractivity contribution is -0.384. The highest BCUT2D eigenvalue weighted by molar-refractivity contribution is 5.84. The van der Waals surface area contributed by atoms with E-state index in [0.717, 1.165) is 11.1 Å². The third-order valence-corrected chi connectivity index (χ3v) is 4.18. The molecule has 5 aromatic rings. The minimum atomic E-state index is -0.644. The molecule has 0 aliphatic rings. The van der Waals surface area contributed by atoms with Gasteiger partial charge in [0, 0.05) is 12.1 Å². The van der Waals surface area contributed by atoms with Crippen LogP contribution in [0.5, 0.6) is 5.75 Å². The van der Waals surface area contributed by atoms with Gasteiger partial charge in [-0.1, -0.05) is 18.2 Å². The third-order valence-electron chi connectivity index (χ3n) is 4.18. The van der Waals surface area contributed by atoms with E-state index in [1.54, 1.807) is 18.2 Å². The zero-order valence-electron chi connectivity index (χ0n) is 16.7. The molecule has 13 nitrogen and oxygen atoms in total. The van der Waals surface area contributed by atoms with Crippen molar-refractivity contribution in [1.82, 2.24) is 9.97 Å². The van der Waals surface area contributed by atoms with Crippen LogP contribution in [0.25, 0.3) is 22.2 Å². The number of fused-ring (bicyclic) bond motifs is 2. The van der Waals surface area contributed by atoms with E-state index in [-0.39, 0.29) is 22.8 Å². The van der Waals surface area contributed by atoms with E-state index < -0.39 is 9.85 Å². The number of rotatable bonds is 2. The molecule has 2 heterocycles. The number of nitro groups is 2. The van der Waals surface area contributed by atoms with Crippen molar-refractivity contribution in [2.45, 2.75) is 0 Å². The number of hydrogen-bond donors (Lipinski definition) is 3. The predicted octanol–water partition coefficient (Wildman–Crippen LogP) is 4.03. The van der Waals surface area contributed by atoms with Crippen LogP contribution in [0.1, 0.15) is 0 Å². The molecule has 0 spiro atoms. The number of aromatic hydroxyl groups is 1. The van der Waals surface area contributed by atoms with Crippen molar-refractivity contribution in [3.63, 3.8) is 0 Å². The van der Waals surface area contributed by atoms with E-state index in [4.69, 9.17) is 25.4 Å². The number of phenolic OH excluding ortho intramolecular Hbond substituents is 1. The number of hydrogen-bond acceptors (Lipinski definition) is 11. The van der Waals surface area contributed by atoms with Gasteiger partial charge < -0.3 is 25.4 Å². The van der Waals surface area contributed by atoms with Gasteiger partial charge in [0.2, 0.25) is 0 Å². The first kappa shape index (κ1) is 22.5. The zero-order chi connectivity index (χ0) is 24.0. The third kappa shape index (κ3) is 5.11. The summed E-state index contributed by atoms with van der Waals surface area (Å²) in [6.45, 7) is 0. The second kappa shape index (κ2) is 9.74. The fourth-order valence-electron chi connectivity index (χ4n) is 2.63. The zero-order valence-corrected chi connectivity index (χ0v) is 16.7. The Bertz CT molecular complexity index is 1430. The maximum absolute atomic E-state index is 10.4. The smallest absolute Gasteiger partial charge is 0.298 e. The summed E-state index contributed by atoms with van der Waals surface area (Å²) in [6.07, 6.45) is 2.58. The van der Waals surface area contributed by atoms with Crippen LogP contribution in [-0.2, 0) is 0 Å². The minimum Gasteiger partial charge on any atom is -0.506 e.